The summed E-state index contributed by atoms with van der Waals surface area (Å²) in [5, 5.41) is 0. The molecule has 4 heteroatoms. The first-order valence-electron chi connectivity index (χ1n) is 7.09. The van der Waals surface area contributed by atoms with Gasteiger partial charge in [0, 0.05) is 31.4 Å². The van der Waals surface area contributed by atoms with Gasteiger partial charge in [-0.3, -0.25) is 0 Å². The third-order valence-corrected chi connectivity index (χ3v) is 3.86. The van der Waals surface area contributed by atoms with Crippen LogP contribution in [0.5, 0.6) is 0 Å². The number of hydrogen-bond donors (Lipinski definition) is 1. The lowest BCUT2D eigenvalue weighted by Gasteiger charge is -2.21. The molecule has 0 bridgehead atoms. The fraction of sp³-hybridized carbons (Fsp3) is 0.375. The Kier molecular flexibility index (Phi) is 3.65. The molecule has 0 saturated heterocycles. The van der Waals surface area contributed by atoms with Crippen LogP contribution in [-0.4, -0.2) is 17.0 Å². The predicted octanol–water partition coefficient (Wildman–Crippen LogP) is 2.06. The Morgan fingerprint density at radius 2 is 2.05 bits per heavy atom. The maximum Gasteiger partial charge on any atom is 0.135 e. The van der Waals surface area contributed by atoms with E-state index in [1.54, 1.807) is 6.33 Å². The zero-order chi connectivity index (χ0) is 13.9. The average Bonchev–Trinajstić information content (AvgIpc) is 2.95. The first-order chi connectivity index (χ1) is 9.78. The minimum Gasteiger partial charge on any atom is -0.355 e. The van der Waals surface area contributed by atoms with E-state index in [0.29, 0.717) is 6.54 Å². The summed E-state index contributed by atoms with van der Waals surface area (Å²) in [6.07, 6.45) is 5.06. The zero-order valence-electron chi connectivity index (χ0n) is 11.8. The molecule has 2 aromatic rings. The van der Waals surface area contributed by atoms with E-state index in [2.05, 4.69) is 46.2 Å². The Hall–Kier alpha value is -1.94. The zero-order valence-corrected chi connectivity index (χ0v) is 11.8. The molecule has 0 fully saturated rings. The van der Waals surface area contributed by atoms with E-state index in [1.165, 1.54) is 28.8 Å². The van der Waals surface area contributed by atoms with Crippen LogP contribution in [-0.2, 0) is 25.9 Å². The Morgan fingerprint density at radius 3 is 2.90 bits per heavy atom. The number of benzene rings is 1. The number of nitrogens with two attached hydrogens (primary N) is 1. The summed E-state index contributed by atoms with van der Waals surface area (Å²) in [7, 11) is 2.09. The number of hydrogen-bond acceptors (Lipinski definition) is 4. The molecule has 3 rings (SSSR count). The smallest absolute Gasteiger partial charge is 0.135 e. The number of nitrogens with zero attached hydrogens (tertiary/aromatic N) is 3. The van der Waals surface area contributed by atoms with Gasteiger partial charge in [0.1, 0.15) is 12.1 Å². The monoisotopic (exact) mass is 268 g/mol. The summed E-state index contributed by atoms with van der Waals surface area (Å²) in [5.74, 6) is 1.07. The molecular formula is C16H20N4. The highest BCUT2D eigenvalue weighted by molar-refractivity contribution is 5.50. The van der Waals surface area contributed by atoms with Gasteiger partial charge < -0.3 is 10.6 Å². The van der Waals surface area contributed by atoms with Gasteiger partial charge in [0.2, 0.25) is 0 Å². The molecule has 1 aromatic carbocycles. The van der Waals surface area contributed by atoms with Gasteiger partial charge in [-0.05, 0) is 30.4 Å². The van der Waals surface area contributed by atoms with Crippen molar-refractivity contribution >= 4 is 5.82 Å². The highest BCUT2D eigenvalue weighted by Gasteiger charge is 2.19. The predicted molar refractivity (Wildman–Crippen MR) is 80.5 cm³/mol. The van der Waals surface area contributed by atoms with Crippen molar-refractivity contribution in [1.82, 2.24) is 9.97 Å². The Morgan fingerprint density at radius 1 is 1.20 bits per heavy atom. The summed E-state index contributed by atoms with van der Waals surface area (Å²) in [4.78, 5) is 11.1. The summed E-state index contributed by atoms with van der Waals surface area (Å²) in [5.41, 5.74) is 10.7. The van der Waals surface area contributed by atoms with Crippen LogP contribution in [0.15, 0.2) is 30.6 Å². The molecule has 0 aliphatic heterocycles. The van der Waals surface area contributed by atoms with Crippen LogP contribution in [0, 0.1) is 0 Å². The van der Waals surface area contributed by atoms with Gasteiger partial charge in [0.25, 0.3) is 0 Å². The van der Waals surface area contributed by atoms with Crippen LogP contribution in [0.25, 0.3) is 0 Å². The van der Waals surface area contributed by atoms with Crippen molar-refractivity contribution < 1.29 is 0 Å². The molecule has 0 atom stereocenters. The molecule has 104 valence electrons. The Balaban J connectivity index is 1.83. The standard InChI is InChI=1S/C16H20N4/c1-20(10-13-5-2-4-12(8-13)9-17)16-14-6-3-7-15(14)18-11-19-16/h2,4-5,8,11H,3,6-7,9-10,17H2,1H3. The first kappa shape index (κ1) is 13.1. The van der Waals surface area contributed by atoms with Crippen molar-refractivity contribution in [3.8, 4) is 0 Å². The lowest BCUT2D eigenvalue weighted by molar-refractivity contribution is 0.868. The second-order valence-electron chi connectivity index (χ2n) is 5.36. The molecular weight excluding hydrogens is 248 g/mol. The fourth-order valence-corrected chi connectivity index (χ4v) is 2.87. The minimum absolute atomic E-state index is 0.584. The summed E-state index contributed by atoms with van der Waals surface area (Å²) in [6.45, 7) is 1.43. The van der Waals surface area contributed by atoms with Crippen molar-refractivity contribution in [2.24, 2.45) is 5.73 Å². The lowest BCUT2D eigenvalue weighted by atomic mass is 10.1. The molecule has 1 aliphatic carbocycles. The number of fused-ring (bicyclic) bond motifs is 1. The van der Waals surface area contributed by atoms with Crippen LogP contribution in [0.3, 0.4) is 0 Å². The normalized spacial score (nSPS) is 13.3. The minimum atomic E-state index is 0.584. The molecule has 0 spiro atoms. The van der Waals surface area contributed by atoms with Crippen LogP contribution in [0.4, 0.5) is 5.82 Å². The van der Waals surface area contributed by atoms with Gasteiger partial charge in [-0.15, -0.1) is 0 Å². The lowest BCUT2D eigenvalue weighted by Crippen LogP contribution is -2.20. The topological polar surface area (TPSA) is 55.0 Å². The number of aromatic nitrogens is 2. The van der Waals surface area contributed by atoms with E-state index in [0.717, 1.165) is 25.2 Å². The van der Waals surface area contributed by atoms with E-state index >= 15 is 0 Å². The van der Waals surface area contributed by atoms with Crippen molar-refractivity contribution in [3.63, 3.8) is 0 Å². The van der Waals surface area contributed by atoms with E-state index in [4.69, 9.17) is 5.73 Å². The summed E-state index contributed by atoms with van der Waals surface area (Å²) in [6, 6.07) is 8.43. The second kappa shape index (κ2) is 5.59. The van der Waals surface area contributed by atoms with Crippen LogP contribution in [0.1, 0.15) is 28.8 Å². The molecule has 0 radical (unpaired) electrons. The van der Waals surface area contributed by atoms with Crippen LogP contribution >= 0.6 is 0 Å². The van der Waals surface area contributed by atoms with E-state index < -0.39 is 0 Å². The highest BCUT2D eigenvalue weighted by Crippen LogP contribution is 2.27. The van der Waals surface area contributed by atoms with Gasteiger partial charge in [0.15, 0.2) is 0 Å². The van der Waals surface area contributed by atoms with Gasteiger partial charge in [0.05, 0.1) is 0 Å². The molecule has 0 saturated carbocycles. The molecule has 0 unspecified atom stereocenters. The van der Waals surface area contributed by atoms with Crippen molar-refractivity contribution in [2.75, 3.05) is 11.9 Å². The summed E-state index contributed by atoms with van der Waals surface area (Å²) < 4.78 is 0. The maximum atomic E-state index is 5.70. The Labute approximate surface area is 119 Å². The van der Waals surface area contributed by atoms with E-state index in [-0.39, 0.29) is 0 Å². The molecule has 2 N–H and O–H groups in total. The second-order valence-corrected chi connectivity index (χ2v) is 5.36. The molecule has 0 amide bonds. The van der Waals surface area contributed by atoms with Crippen LogP contribution < -0.4 is 10.6 Å². The number of aryl methyl sites for hydroxylation is 1. The molecule has 4 nitrogen and oxygen atoms in total. The Bertz CT molecular complexity index is 609. The van der Waals surface area contributed by atoms with Crippen molar-refractivity contribution in [1.29, 1.82) is 0 Å². The van der Waals surface area contributed by atoms with Gasteiger partial charge >= 0.3 is 0 Å². The first-order valence-corrected chi connectivity index (χ1v) is 7.09. The van der Waals surface area contributed by atoms with Gasteiger partial charge in [-0.25, -0.2) is 9.97 Å². The highest BCUT2D eigenvalue weighted by atomic mass is 15.2. The number of anilines is 1. The largest absolute Gasteiger partial charge is 0.355 e. The molecule has 20 heavy (non-hydrogen) atoms. The third-order valence-electron chi connectivity index (χ3n) is 3.86. The van der Waals surface area contributed by atoms with E-state index in [9.17, 15) is 0 Å². The summed E-state index contributed by atoms with van der Waals surface area (Å²) >= 11 is 0. The fourth-order valence-electron chi connectivity index (χ4n) is 2.87. The average molecular weight is 268 g/mol. The molecule has 1 heterocycles. The van der Waals surface area contributed by atoms with Gasteiger partial charge in [-0.1, -0.05) is 24.3 Å². The molecule has 1 aromatic heterocycles. The SMILES string of the molecule is CN(Cc1cccc(CN)c1)c1ncnc2c1CCC2. The van der Waals surface area contributed by atoms with Crippen molar-refractivity contribution in [3.05, 3.63) is 53.0 Å². The van der Waals surface area contributed by atoms with Crippen molar-refractivity contribution in [2.45, 2.75) is 32.4 Å². The number of rotatable bonds is 4. The van der Waals surface area contributed by atoms with E-state index in [1.807, 2.05) is 0 Å². The quantitative estimate of drug-likeness (QED) is 0.922. The maximum absolute atomic E-state index is 5.70. The van der Waals surface area contributed by atoms with Gasteiger partial charge in [-0.2, -0.15) is 0 Å². The third kappa shape index (κ3) is 2.51. The van der Waals surface area contributed by atoms with Crippen LogP contribution in [0.2, 0.25) is 0 Å². The molecule has 1 aliphatic rings.